The average molecular weight is 269 g/mol. The maximum atomic E-state index is 11.8. The fourth-order valence-corrected chi connectivity index (χ4v) is 1.62. The molecule has 1 amide bonds. The normalized spacial score (nSPS) is 13.7. The Labute approximate surface area is 111 Å². The minimum Gasteiger partial charge on any atom is -0.548 e. The van der Waals surface area contributed by atoms with Gasteiger partial charge in [0.25, 0.3) is 5.91 Å². The molecule has 4 nitrogen and oxygen atoms in total. The smallest absolute Gasteiger partial charge is 0.251 e. The molecular formula is C13H15ClNO3-. The third-order valence-corrected chi connectivity index (χ3v) is 3.11. The fraction of sp³-hybridized carbons (Fsp3) is 0.385. The molecule has 0 radical (unpaired) electrons. The van der Waals surface area contributed by atoms with Gasteiger partial charge in [0, 0.05) is 10.6 Å². The Hall–Kier alpha value is -1.55. The summed E-state index contributed by atoms with van der Waals surface area (Å²) in [7, 11) is 0. The summed E-state index contributed by atoms with van der Waals surface area (Å²) < 4.78 is 0. The number of carboxylic acid groups (broad SMARTS) is 1. The largest absolute Gasteiger partial charge is 0.548 e. The Morgan fingerprint density at radius 2 is 1.89 bits per heavy atom. The lowest BCUT2D eigenvalue weighted by atomic mass is 9.99. The number of hydrogen-bond acceptors (Lipinski definition) is 3. The van der Waals surface area contributed by atoms with Crippen molar-refractivity contribution in [2.75, 3.05) is 0 Å². The van der Waals surface area contributed by atoms with Crippen molar-refractivity contribution in [1.82, 2.24) is 5.32 Å². The summed E-state index contributed by atoms with van der Waals surface area (Å²) in [6.45, 7) is 3.61. The van der Waals surface area contributed by atoms with E-state index in [1.165, 1.54) is 0 Å². The highest BCUT2D eigenvalue weighted by molar-refractivity contribution is 6.30. The molecule has 1 aromatic rings. The van der Waals surface area contributed by atoms with E-state index < -0.39 is 17.9 Å². The van der Waals surface area contributed by atoms with Gasteiger partial charge in [-0.05, 0) is 30.2 Å². The van der Waals surface area contributed by atoms with Crippen LogP contribution in [0.25, 0.3) is 0 Å². The first kappa shape index (κ1) is 14.5. The minimum absolute atomic E-state index is 0.189. The predicted octanol–water partition coefficient (Wildman–Crippen LogP) is 1.23. The SMILES string of the molecule is CC[C@H](C)[C@@H](NC(=O)c1ccc(Cl)cc1)C(=O)[O-]. The summed E-state index contributed by atoms with van der Waals surface area (Å²) in [6.07, 6.45) is 0.638. The van der Waals surface area contributed by atoms with Crippen LogP contribution in [0.3, 0.4) is 0 Å². The molecule has 2 atom stereocenters. The Balaban J connectivity index is 2.78. The molecule has 0 fully saturated rings. The average Bonchev–Trinajstić information content (AvgIpc) is 2.35. The van der Waals surface area contributed by atoms with Gasteiger partial charge in [-0.3, -0.25) is 4.79 Å². The molecule has 1 aromatic carbocycles. The molecule has 98 valence electrons. The molecule has 0 aliphatic carbocycles. The van der Waals surface area contributed by atoms with Crippen LogP contribution in [-0.4, -0.2) is 17.9 Å². The molecule has 5 heteroatoms. The summed E-state index contributed by atoms with van der Waals surface area (Å²) >= 11 is 5.71. The first-order valence-corrected chi connectivity index (χ1v) is 6.10. The predicted molar refractivity (Wildman–Crippen MR) is 67.2 cm³/mol. The van der Waals surface area contributed by atoms with Crippen molar-refractivity contribution in [3.05, 3.63) is 34.9 Å². The van der Waals surface area contributed by atoms with Gasteiger partial charge in [-0.25, -0.2) is 0 Å². The molecule has 1 N–H and O–H groups in total. The van der Waals surface area contributed by atoms with Crippen LogP contribution in [0.1, 0.15) is 30.6 Å². The molecule has 0 saturated carbocycles. The zero-order valence-corrected chi connectivity index (χ0v) is 11.0. The Kier molecular flexibility index (Phi) is 5.16. The van der Waals surface area contributed by atoms with Crippen molar-refractivity contribution in [1.29, 1.82) is 0 Å². The van der Waals surface area contributed by atoms with E-state index in [0.717, 1.165) is 0 Å². The van der Waals surface area contributed by atoms with Crippen molar-refractivity contribution in [3.8, 4) is 0 Å². The van der Waals surface area contributed by atoms with Crippen molar-refractivity contribution >= 4 is 23.5 Å². The van der Waals surface area contributed by atoms with Crippen LogP contribution in [-0.2, 0) is 4.79 Å². The zero-order chi connectivity index (χ0) is 13.7. The Morgan fingerprint density at radius 3 is 2.33 bits per heavy atom. The molecule has 0 aliphatic heterocycles. The van der Waals surface area contributed by atoms with E-state index in [1.54, 1.807) is 31.2 Å². The monoisotopic (exact) mass is 268 g/mol. The number of carboxylic acids is 1. The molecule has 1 rings (SSSR count). The van der Waals surface area contributed by atoms with E-state index in [2.05, 4.69) is 5.32 Å². The quantitative estimate of drug-likeness (QED) is 0.873. The number of halogens is 1. The summed E-state index contributed by atoms with van der Waals surface area (Å²) in [4.78, 5) is 22.8. The Bertz CT molecular complexity index is 430. The topological polar surface area (TPSA) is 69.2 Å². The lowest BCUT2D eigenvalue weighted by Gasteiger charge is -2.25. The number of aliphatic carboxylic acids is 1. The second-order valence-corrected chi connectivity index (χ2v) is 4.60. The van der Waals surface area contributed by atoms with Crippen molar-refractivity contribution in [3.63, 3.8) is 0 Å². The van der Waals surface area contributed by atoms with Crippen LogP contribution in [0.15, 0.2) is 24.3 Å². The number of nitrogens with one attached hydrogen (secondary N) is 1. The van der Waals surface area contributed by atoms with Gasteiger partial charge in [-0.15, -0.1) is 0 Å². The zero-order valence-electron chi connectivity index (χ0n) is 10.3. The number of amides is 1. The standard InChI is InChI=1S/C13H16ClNO3/c1-3-8(2)11(13(17)18)15-12(16)9-4-6-10(14)7-5-9/h4-8,11H,3H2,1-2H3,(H,15,16)(H,17,18)/p-1/t8-,11+/m0/s1. The number of benzene rings is 1. The molecule has 18 heavy (non-hydrogen) atoms. The summed E-state index contributed by atoms with van der Waals surface area (Å²) in [5, 5.41) is 14.0. The molecule has 0 spiro atoms. The van der Waals surface area contributed by atoms with E-state index >= 15 is 0 Å². The van der Waals surface area contributed by atoms with E-state index in [9.17, 15) is 14.7 Å². The van der Waals surface area contributed by atoms with Crippen LogP contribution in [0.2, 0.25) is 5.02 Å². The van der Waals surface area contributed by atoms with Crippen LogP contribution in [0.5, 0.6) is 0 Å². The van der Waals surface area contributed by atoms with Gasteiger partial charge < -0.3 is 15.2 Å². The van der Waals surface area contributed by atoms with Crippen LogP contribution in [0, 0.1) is 5.92 Å². The van der Waals surface area contributed by atoms with E-state index in [0.29, 0.717) is 17.0 Å². The molecule has 0 unspecified atom stereocenters. The molecule has 0 saturated heterocycles. The van der Waals surface area contributed by atoms with Gasteiger partial charge in [0.2, 0.25) is 0 Å². The summed E-state index contributed by atoms with van der Waals surface area (Å²) in [5.41, 5.74) is 0.369. The first-order chi connectivity index (χ1) is 8.45. The molecular weight excluding hydrogens is 254 g/mol. The van der Waals surface area contributed by atoms with Crippen LogP contribution >= 0.6 is 11.6 Å². The lowest BCUT2D eigenvalue weighted by Crippen LogP contribution is -2.51. The van der Waals surface area contributed by atoms with Gasteiger partial charge >= 0.3 is 0 Å². The summed E-state index contributed by atoms with van der Waals surface area (Å²) in [5.74, 6) is -1.90. The van der Waals surface area contributed by atoms with Crippen molar-refractivity contribution in [2.24, 2.45) is 5.92 Å². The van der Waals surface area contributed by atoms with E-state index in [-0.39, 0.29) is 5.92 Å². The maximum absolute atomic E-state index is 11.8. The van der Waals surface area contributed by atoms with Crippen molar-refractivity contribution in [2.45, 2.75) is 26.3 Å². The number of hydrogen-bond donors (Lipinski definition) is 1. The third kappa shape index (κ3) is 3.74. The highest BCUT2D eigenvalue weighted by atomic mass is 35.5. The van der Waals surface area contributed by atoms with Gasteiger partial charge in [0.15, 0.2) is 0 Å². The highest BCUT2D eigenvalue weighted by Crippen LogP contribution is 2.11. The van der Waals surface area contributed by atoms with Crippen LogP contribution < -0.4 is 10.4 Å². The minimum atomic E-state index is -1.27. The number of rotatable bonds is 5. The van der Waals surface area contributed by atoms with Crippen molar-refractivity contribution < 1.29 is 14.7 Å². The number of carbonyl (C=O) groups is 2. The van der Waals surface area contributed by atoms with Gasteiger partial charge in [-0.2, -0.15) is 0 Å². The Morgan fingerprint density at radius 1 is 1.33 bits per heavy atom. The van der Waals surface area contributed by atoms with E-state index in [4.69, 9.17) is 11.6 Å². The summed E-state index contributed by atoms with van der Waals surface area (Å²) in [6, 6.07) is 5.25. The second kappa shape index (κ2) is 6.40. The fourth-order valence-electron chi connectivity index (χ4n) is 1.50. The van der Waals surface area contributed by atoms with E-state index in [1.807, 2.05) is 6.92 Å². The molecule has 0 aromatic heterocycles. The van der Waals surface area contributed by atoms with Gasteiger partial charge in [0.05, 0.1) is 12.0 Å². The van der Waals surface area contributed by atoms with Gasteiger partial charge in [0.1, 0.15) is 0 Å². The maximum Gasteiger partial charge on any atom is 0.251 e. The second-order valence-electron chi connectivity index (χ2n) is 4.16. The molecule has 0 aliphatic rings. The first-order valence-electron chi connectivity index (χ1n) is 5.73. The molecule has 0 bridgehead atoms. The number of carbonyl (C=O) groups excluding carboxylic acids is 2. The van der Waals surface area contributed by atoms with Gasteiger partial charge in [-0.1, -0.05) is 31.9 Å². The lowest BCUT2D eigenvalue weighted by molar-refractivity contribution is -0.309. The third-order valence-electron chi connectivity index (χ3n) is 2.86. The van der Waals surface area contributed by atoms with Crippen LogP contribution in [0.4, 0.5) is 0 Å². The molecule has 0 heterocycles. The highest BCUT2D eigenvalue weighted by Gasteiger charge is 2.19.